The standard InChI is InChI=1S/C14H16F2N2O3/c15-11-2-1-10(7-12(11)16)17-8-13(19)18-5-3-9(4-6-18)14(20)21/h1-2,7,9,17H,3-6,8H2,(H,20,21). The van der Waals surface area contributed by atoms with Crippen molar-refractivity contribution >= 4 is 17.6 Å². The van der Waals surface area contributed by atoms with Crippen LogP contribution in [0.5, 0.6) is 0 Å². The van der Waals surface area contributed by atoms with E-state index in [-0.39, 0.29) is 12.5 Å². The molecular weight excluding hydrogens is 282 g/mol. The van der Waals surface area contributed by atoms with E-state index in [4.69, 9.17) is 5.11 Å². The highest BCUT2D eigenvalue weighted by Crippen LogP contribution is 2.18. The molecule has 1 aliphatic rings. The molecule has 1 aliphatic heterocycles. The Bertz CT molecular complexity index is 543. The molecule has 1 aromatic rings. The fraction of sp³-hybridized carbons (Fsp3) is 0.429. The van der Waals surface area contributed by atoms with Crippen LogP contribution in [0.15, 0.2) is 18.2 Å². The first-order valence-electron chi connectivity index (χ1n) is 6.67. The van der Waals surface area contributed by atoms with Crippen LogP contribution in [0, 0.1) is 17.6 Å². The Kier molecular flexibility index (Phi) is 4.72. The monoisotopic (exact) mass is 298 g/mol. The van der Waals surface area contributed by atoms with Crippen LogP contribution in [0.4, 0.5) is 14.5 Å². The molecule has 1 aromatic carbocycles. The van der Waals surface area contributed by atoms with E-state index in [9.17, 15) is 18.4 Å². The number of benzene rings is 1. The van der Waals surface area contributed by atoms with E-state index in [1.54, 1.807) is 4.90 Å². The molecular formula is C14H16F2N2O3. The van der Waals surface area contributed by atoms with Crippen LogP contribution in [0.25, 0.3) is 0 Å². The molecule has 0 radical (unpaired) electrons. The van der Waals surface area contributed by atoms with Crippen molar-refractivity contribution in [2.75, 3.05) is 25.0 Å². The van der Waals surface area contributed by atoms with Gasteiger partial charge in [0.05, 0.1) is 12.5 Å². The fourth-order valence-corrected chi connectivity index (χ4v) is 2.27. The van der Waals surface area contributed by atoms with Crippen LogP contribution >= 0.6 is 0 Å². The maximum absolute atomic E-state index is 13.0. The van der Waals surface area contributed by atoms with E-state index >= 15 is 0 Å². The van der Waals surface area contributed by atoms with Crippen molar-refractivity contribution in [2.45, 2.75) is 12.8 Å². The van der Waals surface area contributed by atoms with E-state index in [1.165, 1.54) is 6.07 Å². The third-order valence-corrected chi connectivity index (χ3v) is 3.56. The molecule has 0 aromatic heterocycles. The second-order valence-corrected chi connectivity index (χ2v) is 4.98. The number of nitrogens with one attached hydrogen (secondary N) is 1. The molecule has 1 fully saturated rings. The molecule has 1 saturated heterocycles. The zero-order chi connectivity index (χ0) is 15.4. The van der Waals surface area contributed by atoms with Crippen molar-refractivity contribution in [2.24, 2.45) is 5.92 Å². The number of carboxylic acids is 1. The topological polar surface area (TPSA) is 69.6 Å². The highest BCUT2D eigenvalue weighted by atomic mass is 19.2. The van der Waals surface area contributed by atoms with Gasteiger partial charge >= 0.3 is 5.97 Å². The number of anilines is 1. The van der Waals surface area contributed by atoms with Crippen molar-refractivity contribution in [1.82, 2.24) is 4.90 Å². The van der Waals surface area contributed by atoms with Crippen molar-refractivity contribution in [3.05, 3.63) is 29.8 Å². The van der Waals surface area contributed by atoms with Crippen molar-refractivity contribution in [1.29, 1.82) is 0 Å². The number of aliphatic carboxylic acids is 1. The molecule has 0 bridgehead atoms. The molecule has 1 heterocycles. The zero-order valence-corrected chi connectivity index (χ0v) is 11.3. The number of halogens is 2. The minimum Gasteiger partial charge on any atom is -0.481 e. The first-order valence-corrected chi connectivity index (χ1v) is 6.67. The Morgan fingerprint density at radius 1 is 1.24 bits per heavy atom. The van der Waals surface area contributed by atoms with Crippen LogP contribution in [0.2, 0.25) is 0 Å². The summed E-state index contributed by atoms with van der Waals surface area (Å²) in [4.78, 5) is 24.3. The molecule has 0 saturated carbocycles. The average Bonchev–Trinajstić information content (AvgIpc) is 2.48. The first-order chi connectivity index (χ1) is 9.97. The first kappa shape index (κ1) is 15.2. The minimum absolute atomic E-state index is 0.0389. The number of rotatable bonds is 4. The summed E-state index contributed by atoms with van der Waals surface area (Å²) in [6.45, 7) is 0.757. The Labute approximate surface area is 120 Å². The van der Waals surface area contributed by atoms with E-state index < -0.39 is 23.5 Å². The maximum atomic E-state index is 13.0. The summed E-state index contributed by atoms with van der Waals surface area (Å²) in [7, 11) is 0. The number of amides is 1. The van der Waals surface area contributed by atoms with Gasteiger partial charge in [0.2, 0.25) is 5.91 Å². The largest absolute Gasteiger partial charge is 0.481 e. The molecule has 0 unspecified atom stereocenters. The van der Waals surface area contributed by atoms with Gasteiger partial charge in [-0.1, -0.05) is 0 Å². The van der Waals surface area contributed by atoms with E-state index in [0.717, 1.165) is 12.1 Å². The molecule has 114 valence electrons. The van der Waals surface area contributed by atoms with Gasteiger partial charge in [-0.05, 0) is 25.0 Å². The lowest BCUT2D eigenvalue weighted by Crippen LogP contribution is -2.42. The second kappa shape index (κ2) is 6.51. The number of carboxylic acid groups (broad SMARTS) is 1. The van der Waals surface area contributed by atoms with Crippen LogP contribution in [0.1, 0.15) is 12.8 Å². The lowest BCUT2D eigenvalue weighted by Gasteiger charge is -2.30. The van der Waals surface area contributed by atoms with Crippen molar-refractivity contribution < 1.29 is 23.5 Å². The summed E-state index contributed by atoms with van der Waals surface area (Å²) in [6.07, 6.45) is 0.874. The second-order valence-electron chi connectivity index (χ2n) is 4.98. The summed E-state index contributed by atoms with van der Waals surface area (Å²) < 4.78 is 25.8. The zero-order valence-electron chi connectivity index (χ0n) is 11.3. The van der Waals surface area contributed by atoms with Crippen molar-refractivity contribution in [3.63, 3.8) is 0 Å². The number of hydrogen-bond acceptors (Lipinski definition) is 3. The predicted octanol–water partition coefficient (Wildman–Crippen LogP) is 1.70. The van der Waals surface area contributed by atoms with E-state index in [2.05, 4.69) is 5.32 Å². The van der Waals surface area contributed by atoms with Crippen LogP contribution in [0.3, 0.4) is 0 Å². The average molecular weight is 298 g/mol. The third kappa shape index (κ3) is 3.90. The van der Waals surface area contributed by atoms with Gasteiger partial charge in [-0.25, -0.2) is 8.78 Å². The van der Waals surface area contributed by atoms with Gasteiger partial charge in [0, 0.05) is 24.8 Å². The van der Waals surface area contributed by atoms with Gasteiger partial charge < -0.3 is 15.3 Å². The number of carbonyl (C=O) groups excluding carboxylic acids is 1. The highest BCUT2D eigenvalue weighted by Gasteiger charge is 2.26. The molecule has 21 heavy (non-hydrogen) atoms. The molecule has 0 spiro atoms. The summed E-state index contributed by atoms with van der Waals surface area (Å²) in [5.41, 5.74) is 0.322. The summed E-state index contributed by atoms with van der Waals surface area (Å²) in [5, 5.41) is 11.6. The number of nitrogens with zero attached hydrogens (tertiary/aromatic N) is 1. The Hall–Kier alpha value is -2.18. The van der Waals surface area contributed by atoms with Crippen LogP contribution in [-0.2, 0) is 9.59 Å². The van der Waals surface area contributed by atoms with Crippen LogP contribution in [-0.4, -0.2) is 41.5 Å². The van der Waals surface area contributed by atoms with Gasteiger partial charge in [0.1, 0.15) is 0 Å². The molecule has 0 atom stereocenters. The summed E-state index contributed by atoms with van der Waals surface area (Å²) >= 11 is 0. The Morgan fingerprint density at radius 3 is 2.48 bits per heavy atom. The number of carbonyl (C=O) groups is 2. The van der Waals surface area contributed by atoms with Gasteiger partial charge in [-0.15, -0.1) is 0 Å². The SMILES string of the molecule is O=C(O)C1CCN(C(=O)CNc2ccc(F)c(F)c2)CC1. The summed E-state index contributed by atoms with van der Waals surface area (Å²) in [6, 6.07) is 3.32. The van der Waals surface area contributed by atoms with Crippen molar-refractivity contribution in [3.8, 4) is 0 Å². The molecule has 2 N–H and O–H groups in total. The van der Waals surface area contributed by atoms with E-state index in [1.807, 2.05) is 0 Å². The number of hydrogen-bond donors (Lipinski definition) is 2. The van der Waals surface area contributed by atoms with Gasteiger partial charge in [-0.3, -0.25) is 9.59 Å². The predicted molar refractivity (Wildman–Crippen MR) is 71.8 cm³/mol. The fourth-order valence-electron chi connectivity index (χ4n) is 2.27. The Balaban J connectivity index is 1.82. The molecule has 0 aliphatic carbocycles. The molecule has 7 heteroatoms. The van der Waals surface area contributed by atoms with Gasteiger partial charge in [-0.2, -0.15) is 0 Å². The normalized spacial score (nSPS) is 15.8. The molecule has 1 amide bonds. The smallest absolute Gasteiger partial charge is 0.306 e. The Morgan fingerprint density at radius 2 is 1.90 bits per heavy atom. The minimum atomic E-state index is -0.977. The van der Waals surface area contributed by atoms with Gasteiger partial charge in [0.15, 0.2) is 11.6 Å². The third-order valence-electron chi connectivity index (χ3n) is 3.56. The molecule has 2 rings (SSSR count). The highest BCUT2D eigenvalue weighted by molar-refractivity contribution is 5.81. The van der Waals surface area contributed by atoms with E-state index in [0.29, 0.717) is 31.6 Å². The van der Waals surface area contributed by atoms with Gasteiger partial charge in [0.25, 0.3) is 0 Å². The maximum Gasteiger partial charge on any atom is 0.306 e. The van der Waals surface area contributed by atoms with Crippen LogP contribution < -0.4 is 5.32 Å². The molecule has 5 nitrogen and oxygen atoms in total. The number of likely N-dealkylation sites (tertiary alicyclic amines) is 1. The number of piperidine rings is 1. The summed E-state index contributed by atoms with van der Waals surface area (Å²) in [5.74, 6) is -3.34. The quantitative estimate of drug-likeness (QED) is 0.887. The lowest BCUT2D eigenvalue weighted by atomic mass is 9.97. The lowest BCUT2D eigenvalue weighted by molar-refractivity contribution is -0.145.